The predicted octanol–water partition coefficient (Wildman–Crippen LogP) is 4.95. The first-order chi connectivity index (χ1) is 20.4. The minimum absolute atomic E-state index is 0.0179. The molecule has 0 fully saturated rings. The Bertz CT molecular complexity index is 1770. The van der Waals surface area contributed by atoms with Gasteiger partial charge in [0.05, 0.1) is 46.6 Å². The van der Waals surface area contributed by atoms with Gasteiger partial charge in [0.15, 0.2) is 0 Å². The number of carboxylic acid groups (broad SMARTS) is 1. The van der Waals surface area contributed by atoms with Crippen molar-refractivity contribution >= 4 is 17.0 Å². The molecule has 0 saturated carbocycles. The van der Waals surface area contributed by atoms with Crippen LogP contribution in [0.15, 0.2) is 78.9 Å². The van der Waals surface area contributed by atoms with Crippen LogP contribution in [0.1, 0.15) is 32.9 Å². The number of rotatable bonds is 11. The molecule has 0 radical (unpaired) electrons. The van der Waals surface area contributed by atoms with Gasteiger partial charge in [-0.05, 0) is 42.0 Å². The molecule has 2 heterocycles. The maximum Gasteiger partial charge on any atom is 0.335 e. The molecule has 0 spiro atoms. The van der Waals surface area contributed by atoms with E-state index in [2.05, 4.69) is 4.98 Å². The summed E-state index contributed by atoms with van der Waals surface area (Å²) in [7, 11) is 1.59. The normalized spacial score (nSPS) is 11.8. The van der Waals surface area contributed by atoms with Crippen molar-refractivity contribution in [2.75, 3.05) is 13.7 Å². The molecule has 42 heavy (non-hydrogen) atoms. The molecule has 9 nitrogen and oxygen atoms in total. The van der Waals surface area contributed by atoms with Crippen LogP contribution in [0.5, 0.6) is 5.88 Å². The third-order valence-corrected chi connectivity index (χ3v) is 6.95. The first-order valence-corrected chi connectivity index (χ1v) is 13.2. The highest BCUT2D eigenvalue weighted by atomic mass is 19.1. The van der Waals surface area contributed by atoms with Gasteiger partial charge in [-0.1, -0.05) is 36.4 Å². The zero-order chi connectivity index (χ0) is 29.6. The number of ether oxygens (including phenoxy) is 2. The van der Waals surface area contributed by atoms with E-state index in [4.69, 9.17) is 25.5 Å². The Morgan fingerprint density at radius 3 is 2.60 bits per heavy atom. The molecule has 0 amide bonds. The summed E-state index contributed by atoms with van der Waals surface area (Å²) >= 11 is 0. The average molecular weight is 566 g/mol. The molecule has 1 atom stereocenters. The number of nitrogens with zero attached hydrogens (tertiary/aromatic N) is 4. The fourth-order valence-corrected chi connectivity index (χ4v) is 4.61. The molecule has 212 valence electrons. The van der Waals surface area contributed by atoms with E-state index in [1.54, 1.807) is 37.4 Å². The topological polar surface area (TPSA) is 136 Å². The molecule has 0 aliphatic carbocycles. The van der Waals surface area contributed by atoms with Crippen LogP contribution in [-0.4, -0.2) is 45.4 Å². The van der Waals surface area contributed by atoms with Crippen molar-refractivity contribution in [1.29, 1.82) is 5.26 Å². The zero-order valence-corrected chi connectivity index (χ0v) is 22.8. The molecular weight excluding hydrogens is 537 g/mol. The highest BCUT2D eigenvalue weighted by molar-refractivity contribution is 5.92. The molecule has 0 bridgehead atoms. The summed E-state index contributed by atoms with van der Waals surface area (Å²) < 4.78 is 27.4. The van der Waals surface area contributed by atoms with Crippen molar-refractivity contribution in [2.24, 2.45) is 5.73 Å². The lowest BCUT2D eigenvalue weighted by atomic mass is 10.1. The second kappa shape index (κ2) is 12.6. The van der Waals surface area contributed by atoms with E-state index in [0.717, 1.165) is 17.0 Å². The Balaban J connectivity index is 1.35. The number of pyridine rings is 1. The standard InChI is InChI=1S/C32H28FN5O4/c1-41-25(17-35)18-38-29-15-23(32(39)40)11-12-28(29)36-30(38)14-20-5-8-22(9-6-20)27-3-2-4-31(37-27)42-19-24-10-7-21(16-34)13-26(24)33/h2-13,15,25H,14,17-19,35H2,1H3,(H,39,40)/t25-/m0/s1. The third kappa shape index (κ3) is 6.28. The number of nitrogens with two attached hydrogens (primary N) is 1. The van der Waals surface area contributed by atoms with Crippen molar-refractivity contribution in [3.8, 4) is 23.2 Å². The van der Waals surface area contributed by atoms with E-state index in [0.29, 0.717) is 47.7 Å². The summed E-state index contributed by atoms with van der Waals surface area (Å²) in [6, 6.07) is 24.3. The first-order valence-electron chi connectivity index (χ1n) is 13.2. The third-order valence-electron chi connectivity index (χ3n) is 6.95. The number of aromatic carboxylic acids is 1. The number of nitriles is 1. The number of fused-ring (bicyclic) bond motifs is 1. The van der Waals surface area contributed by atoms with Crippen LogP contribution in [-0.2, 0) is 24.3 Å². The number of hydrogen-bond acceptors (Lipinski definition) is 7. The molecule has 5 rings (SSSR count). The summed E-state index contributed by atoms with van der Waals surface area (Å²) in [4.78, 5) is 20.9. The van der Waals surface area contributed by atoms with Crippen molar-refractivity contribution in [2.45, 2.75) is 25.7 Å². The summed E-state index contributed by atoms with van der Waals surface area (Å²) in [5, 5.41) is 18.4. The van der Waals surface area contributed by atoms with Crippen LogP contribution in [0.4, 0.5) is 4.39 Å². The van der Waals surface area contributed by atoms with Gasteiger partial charge >= 0.3 is 5.97 Å². The molecular formula is C32H28FN5O4. The summed E-state index contributed by atoms with van der Waals surface area (Å²) in [5.41, 5.74) is 10.6. The van der Waals surface area contributed by atoms with Gasteiger partial charge in [0.1, 0.15) is 18.2 Å². The van der Waals surface area contributed by atoms with Crippen LogP contribution in [0, 0.1) is 17.1 Å². The van der Waals surface area contributed by atoms with Crippen LogP contribution in [0.25, 0.3) is 22.3 Å². The number of imidazole rings is 1. The van der Waals surface area contributed by atoms with Gasteiger partial charge in [0, 0.05) is 37.3 Å². The fourth-order valence-electron chi connectivity index (χ4n) is 4.61. The molecule has 2 aromatic heterocycles. The van der Waals surface area contributed by atoms with Gasteiger partial charge in [-0.3, -0.25) is 0 Å². The van der Waals surface area contributed by atoms with E-state index in [1.165, 1.54) is 12.1 Å². The number of benzene rings is 3. The van der Waals surface area contributed by atoms with Crippen molar-refractivity contribution < 1.29 is 23.8 Å². The van der Waals surface area contributed by atoms with E-state index in [1.807, 2.05) is 47.0 Å². The molecule has 0 aliphatic heterocycles. The molecule has 10 heteroatoms. The van der Waals surface area contributed by atoms with E-state index < -0.39 is 11.8 Å². The Kier molecular flexibility index (Phi) is 8.52. The first kappa shape index (κ1) is 28.4. The number of carboxylic acids is 1. The maximum absolute atomic E-state index is 14.2. The fraction of sp³-hybridized carbons (Fsp3) is 0.188. The summed E-state index contributed by atoms with van der Waals surface area (Å²) in [6.45, 7) is 0.722. The smallest absolute Gasteiger partial charge is 0.335 e. The number of hydrogen-bond donors (Lipinski definition) is 2. The molecule has 0 aliphatic rings. The van der Waals surface area contributed by atoms with Crippen LogP contribution in [0.3, 0.4) is 0 Å². The average Bonchev–Trinajstić information content (AvgIpc) is 3.35. The highest BCUT2D eigenvalue weighted by Crippen LogP contribution is 2.25. The lowest BCUT2D eigenvalue weighted by Gasteiger charge is -2.17. The Hall–Kier alpha value is -5.11. The number of carbonyl (C=O) groups is 1. The van der Waals surface area contributed by atoms with E-state index in [-0.39, 0.29) is 23.8 Å². The van der Waals surface area contributed by atoms with Crippen molar-refractivity contribution in [3.05, 3.63) is 113 Å². The van der Waals surface area contributed by atoms with Crippen LogP contribution in [0.2, 0.25) is 0 Å². The minimum atomic E-state index is -1.01. The number of aromatic nitrogens is 3. The second-order valence-corrected chi connectivity index (χ2v) is 9.68. The van der Waals surface area contributed by atoms with Gasteiger partial charge in [-0.15, -0.1) is 0 Å². The van der Waals surface area contributed by atoms with E-state index >= 15 is 0 Å². The molecule has 3 N–H and O–H groups in total. The van der Waals surface area contributed by atoms with Gasteiger partial charge in [0.2, 0.25) is 5.88 Å². The van der Waals surface area contributed by atoms with Gasteiger partial charge < -0.3 is 24.9 Å². The monoisotopic (exact) mass is 565 g/mol. The lowest BCUT2D eigenvalue weighted by Crippen LogP contribution is -2.28. The predicted molar refractivity (Wildman–Crippen MR) is 154 cm³/mol. The SMILES string of the molecule is CO[C@@H](CN)Cn1c(Cc2ccc(-c3cccc(OCc4ccc(C#N)cc4F)n3)cc2)nc2ccc(C(=O)O)cc21. The quantitative estimate of drug-likeness (QED) is 0.230. The highest BCUT2D eigenvalue weighted by Gasteiger charge is 2.17. The van der Waals surface area contributed by atoms with Gasteiger partial charge in [-0.25, -0.2) is 19.2 Å². The molecule has 5 aromatic rings. The molecule has 0 saturated heterocycles. The number of halogens is 1. The largest absolute Gasteiger partial charge is 0.478 e. The van der Waals surface area contributed by atoms with E-state index in [9.17, 15) is 14.3 Å². The number of methoxy groups -OCH3 is 1. The second-order valence-electron chi connectivity index (χ2n) is 9.68. The van der Waals surface area contributed by atoms with Gasteiger partial charge in [-0.2, -0.15) is 5.26 Å². The Labute approximate surface area is 241 Å². The maximum atomic E-state index is 14.2. The van der Waals surface area contributed by atoms with Crippen LogP contribution < -0.4 is 10.5 Å². The van der Waals surface area contributed by atoms with Gasteiger partial charge in [0.25, 0.3) is 0 Å². The lowest BCUT2D eigenvalue weighted by molar-refractivity contribution is 0.0697. The van der Waals surface area contributed by atoms with Crippen LogP contribution >= 0.6 is 0 Å². The zero-order valence-electron chi connectivity index (χ0n) is 22.8. The molecule has 3 aromatic carbocycles. The van der Waals surface area contributed by atoms with Crippen molar-refractivity contribution in [3.63, 3.8) is 0 Å². The Morgan fingerprint density at radius 1 is 1.10 bits per heavy atom. The summed E-state index contributed by atoms with van der Waals surface area (Å²) in [6.07, 6.45) is 0.247. The van der Waals surface area contributed by atoms with Crippen molar-refractivity contribution in [1.82, 2.24) is 14.5 Å². The minimum Gasteiger partial charge on any atom is -0.478 e. The Morgan fingerprint density at radius 2 is 1.90 bits per heavy atom. The molecule has 0 unspecified atom stereocenters. The summed E-state index contributed by atoms with van der Waals surface area (Å²) in [5.74, 6) is -0.396.